The zero-order chi connectivity index (χ0) is 8.74. The first kappa shape index (κ1) is 10.7. The number of hydrogen-bond acceptors (Lipinski definition) is 5. The number of carbonyl (C=O) groups excluding carboxylic acids is 1. The maximum absolute atomic E-state index is 9.79. The van der Waals surface area contributed by atoms with E-state index in [4.69, 9.17) is 9.05 Å². The molecule has 0 atom stereocenters. The van der Waals surface area contributed by atoms with E-state index in [-0.39, 0.29) is 13.2 Å². The fourth-order valence-electron chi connectivity index (χ4n) is 0.483. The van der Waals surface area contributed by atoms with Crippen molar-refractivity contribution in [3.05, 3.63) is 0 Å². The average molecular weight is 180 g/mol. The van der Waals surface area contributed by atoms with Crippen LogP contribution in [-0.2, 0) is 13.8 Å². The fourth-order valence-corrected chi connectivity index (χ4v) is 1.45. The van der Waals surface area contributed by atoms with Gasteiger partial charge in [-0.25, -0.2) is 4.79 Å². The molecule has 0 aliphatic rings. The van der Waals surface area contributed by atoms with Crippen LogP contribution < -0.4 is 0 Å². The molecule has 0 aliphatic carbocycles. The summed E-state index contributed by atoms with van der Waals surface area (Å²) in [5, 5.41) is 0. The topological polar surface area (TPSA) is 68.1 Å². The van der Waals surface area contributed by atoms with Crippen LogP contribution in [-0.4, -0.2) is 24.2 Å². The molecule has 0 aromatic carbocycles. The predicted octanol–water partition coefficient (Wildman–Crippen LogP) is 1.07. The molecule has 6 heteroatoms. The maximum atomic E-state index is 9.79. The largest absolute Gasteiger partial charge is 0.562 e. The Labute approximate surface area is 65.7 Å². The molecule has 1 N–H and O–H groups in total. The summed E-state index contributed by atoms with van der Waals surface area (Å²) in [4.78, 5) is 19.0. The Morgan fingerprint density at radius 3 is 2.18 bits per heavy atom. The molecule has 0 amide bonds. The van der Waals surface area contributed by atoms with Crippen molar-refractivity contribution in [3.8, 4) is 0 Å². The molecule has 0 fully saturated rings. The second-order valence-electron chi connectivity index (χ2n) is 1.52. The molecular weight excluding hydrogens is 169 g/mol. The third-order valence-electron chi connectivity index (χ3n) is 0.762. The highest BCUT2D eigenvalue weighted by Gasteiger charge is 2.41. The van der Waals surface area contributed by atoms with Crippen LogP contribution >= 0.6 is 8.09 Å². The van der Waals surface area contributed by atoms with Crippen LogP contribution in [0.2, 0.25) is 0 Å². The van der Waals surface area contributed by atoms with E-state index in [1.165, 1.54) is 6.08 Å². The summed E-state index contributed by atoms with van der Waals surface area (Å²) in [5.74, 6) is 0. The summed E-state index contributed by atoms with van der Waals surface area (Å²) in [6.45, 7) is 3.83. The quantitative estimate of drug-likeness (QED) is 0.390. The Balaban J connectivity index is 4.11. The Hall–Kier alpha value is -0.310. The standard InChI is InChI=1S/C5H11NO4P/c1-3-9-11(8,6-5-7)10-4-2/h8H,3-4H2,1-2H3/q+1. The second kappa shape index (κ2) is 5.35. The molecule has 11 heavy (non-hydrogen) atoms. The van der Waals surface area contributed by atoms with Gasteiger partial charge in [0.15, 0.2) is 0 Å². The molecule has 0 unspecified atom stereocenters. The van der Waals surface area contributed by atoms with E-state index in [1.807, 2.05) is 0 Å². The molecule has 0 radical (unpaired) electrons. The van der Waals surface area contributed by atoms with Gasteiger partial charge in [-0.1, -0.05) is 0 Å². The van der Waals surface area contributed by atoms with Crippen LogP contribution in [0.4, 0.5) is 0 Å². The predicted molar refractivity (Wildman–Crippen MR) is 40.5 cm³/mol. The molecule has 0 aromatic heterocycles. The number of isocyanates is 1. The minimum atomic E-state index is -3.27. The zero-order valence-electron chi connectivity index (χ0n) is 6.48. The van der Waals surface area contributed by atoms with Gasteiger partial charge >= 0.3 is 8.09 Å². The minimum Gasteiger partial charge on any atom is -0.207 e. The maximum Gasteiger partial charge on any atom is 0.562 e. The van der Waals surface area contributed by atoms with E-state index in [1.54, 1.807) is 13.8 Å². The van der Waals surface area contributed by atoms with Crippen LogP contribution in [0, 0.1) is 0 Å². The Kier molecular flexibility index (Phi) is 5.20. The van der Waals surface area contributed by atoms with Crippen LogP contribution in [0.3, 0.4) is 0 Å². The van der Waals surface area contributed by atoms with Gasteiger partial charge in [0.1, 0.15) is 0 Å². The lowest BCUT2D eigenvalue weighted by atomic mass is 10.9. The first-order valence-corrected chi connectivity index (χ1v) is 4.71. The number of nitrogens with zero attached hydrogens (tertiary/aromatic N) is 1. The summed E-state index contributed by atoms with van der Waals surface area (Å²) in [6, 6.07) is 0. The SMILES string of the molecule is CCO[P+](O)(N=C=O)OCC. The van der Waals surface area contributed by atoms with Gasteiger partial charge in [0.05, 0.1) is 18.0 Å². The smallest absolute Gasteiger partial charge is 0.207 e. The van der Waals surface area contributed by atoms with Crippen molar-refractivity contribution in [2.45, 2.75) is 13.8 Å². The van der Waals surface area contributed by atoms with Gasteiger partial charge in [-0.05, 0) is 13.8 Å². The van der Waals surface area contributed by atoms with Gasteiger partial charge in [-0.2, -0.15) is 13.9 Å². The van der Waals surface area contributed by atoms with Crippen molar-refractivity contribution in [2.75, 3.05) is 13.2 Å². The van der Waals surface area contributed by atoms with Crippen molar-refractivity contribution in [3.63, 3.8) is 0 Å². The second-order valence-corrected chi connectivity index (χ2v) is 3.21. The summed E-state index contributed by atoms with van der Waals surface area (Å²) in [5.41, 5.74) is 0. The van der Waals surface area contributed by atoms with Crippen molar-refractivity contribution >= 4 is 14.2 Å². The van der Waals surface area contributed by atoms with E-state index in [0.717, 1.165) is 0 Å². The zero-order valence-corrected chi connectivity index (χ0v) is 7.38. The molecule has 64 valence electrons. The highest BCUT2D eigenvalue weighted by atomic mass is 31.2. The highest BCUT2D eigenvalue weighted by molar-refractivity contribution is 7.59. The fraction of sp³-hybridized carbons (Fsp3) is 0.800. The molecule has 0 bridgehead atoms. The lowest BCUT2D eigenvalue weighted by Crippen LogP contribution is -1.99. The Bertz CT molecular complexity index is 151. The van der Waals surface area contributed by atoms with Gasteiger partial charge < -0.3 is 0 Å². The molecule has 0 saturated carbocycles. The van der Waals surface area contributed by atoms with Crippen molar-refractivity contribution in [1.82, 2.24) is 0 Å². The van der Waals surface area contributed by atoms with Crippen LogP contribution in [0.1, 0.15) is 13.8 Å². The van der Waals surface area contributed by atoms with E-state index in [0.29, 0.717) is 0 Å². The highest BCUT2D eigenvalue weighted by Crippen LogP contribution is 2.57. The molecular formula is C5H11NO4P+. The van der Waals surface area contributed by atoms with Crippen LogP contribution in [0.25, 0.3) is 0 Å². The molecule has 0 rings (SSSR count). The van der Waals surface area contributed by atoms with E-state index >= 15 is 0 Å². The molecule has 0 heterocycles. The summed E-state index contributed by atoms with van der Waals surface area (Å²) in [7, 11) is -3.27. The lowest BCUT2D eigenvalue weighted by Gasteiger charge is -2.05. The third kappa shape index (κ3) is 4.19. The normalized spacial score (nSPS) is 10.8. The monoisotopic (exact) mass is 180 g/mol. The van der Waals surface area contributed by atoms with E-state index < -0.39 is 8.09 Å². The van der Waals surface area contributed by atoms with Gasteiger partial charge in [0, 0.05) is 0 Å². The number of rotatable bonds is 5. The van der Waals surface area contributed by atoms with Gasteiger partial charge in [-0.15, -0.1) is 0 Å². The van der Waals surface area contributed by atoms with Crippen molar-refractivity contribution in [2.24, 2.45) is 4.76 Å². The summed E-state index contributed by atoms with van der Waals surface area (Å²) < 4.78 is 12.5. The summed E-state index contributed by atoms with van der Waals surface area (Å²) >= 11 is 0. The van der Waals surface area contributed by atoms with Gasteiger partial charge in [0.25, 0.3) is 6.08 Å². The minimum absolute atomic E-state index is 0.245. The molecule has 5 nitrogen and oxygen atoms in total. The molecule has 0 spiro atoms. The molecule has 0 aromatic rings. The Morgan fingerprint density at radius 2 is 1.91 bits per heavy atom. The van der Waals surface area contributed by atoms with E-state index in [2.05, 4.69) is 4.76 Å². The first-order valence-electron chi connectivity index (χ1n) is 3.18. The lowest BCUT2D eigenvalue weighted by molar-refractivity contribution is 0.190. The van der Waals surface area contributed by atoms with Crippen molar-refractivity contribution < 1.29 is 18.7 Å². The van der Waals surface area contributed by atoms with Crippen molar-refractivity contribution in [1.29, 1.82) is 0 Å². The number of hydrogen-bond donors (Lipinski definition) is 1. The van der Waals surface area contributed by atoms with Gasteiger partial charge in [0.2, 0.25) is 0 Å². The third-order valence-corrected chi connectivity index (χ3v) is 2.29. The molecule has 0 aliphatic heterocycles. The Morgan fingerprint density at radius 1 is 1.45 bits per heavy atom. The van der Waals surface area contributed by atoms with E-state index in [9.17, 15) is 9.69 Å². The summed E-state index contributed by atoms with van der Waals surface area (Å²) in [6.07, 6.45) is 1.20. The average Bonchev–Trinajstić information content (AvgIpc) is 1.88. The van der Waals surface area contributed by atoms with Gasteiger partial charge in [-0.3, -0.25) is 0 Å². The van der Waals surface area contributed by atoms with Crippen LogP contribution in [0.5, 0.6) is 0 Å². The van der Waals surface area contributed by atoms with Crippen LogP contribution in [0.15, 0.2) is 4.76 Å². The first-order chi connectivity index (χ1) is 5.18. The molecule has 0 saturated heterocycles.